The van der Waals surface area contributed by atoms with E-state index in [-0.39, 0.29) is 15.8 Å². The minimum atomic E-state index is -2.79. The van der Waals surface area contributed by atoms with Gasteiger partial charge in [-0.25, -0.2) is 8.42 Å². The summed E-state index contributed by atoms with van der Waals surface area (Å²) < 4.78 is 21.9. The molecule has 0 saturated heterocycles. The van der Waals surface area contributed by atoms with Crippen LogP contribution in [0.1, 0.15) is 24.2 Å². The second-order valence-electron chi connectivity index (χ2n) is 3.40. The summed E-state index contributed by atoms with van der Waals surface area (Å²) >= 11 is 5.73. The molecule has 4 nitrogen and oxygen atoms in total. The predicted molar refractivity (Wildman–Crippen MR) is 67.3 cm³/mol. The average Bonchev–Trinajstić information content (AvgIpc) is 2.30. The van der Waals surface area contributed by atoms with Crippen molar-refractivity contribution in [2.75, 3.05) is 13.1 Å². The number of hydrogen-bond acceptors (Lipinski definition) is 3. The van der Waals surface area contributed by atoms with Crippen molar-refractivity contribution in [1.82, 2.24) is 4.90 Å². The van der Waals surface area contributed by atoms with E-state index in [4.69, 9.17) is 11.6 Å². The Morgan fingerprint density at radius 1 is 1.29 bits per heavy atom. The Bertz CT molecular complexity index is 487. The molecule has 0 heterocycles. The maximum absolute atomic E-state index is 12.0. The van der Waals surface area contributed by atoms with Crippen LogP contribution in [0.2, 0.25) is 5.02 Å². The van der Waals surface area contributed by atoms with Gasteiger partial charge < -0.3 is 4.90 Å². The highest BCUT2D eigenvalue weighted by molar-refractivity contribution is 7.72. The van der Waals surface area contributed by atoms with Gasteiger partial charge in [-0.1, -0.05) is 11.6 Å². The lowest BCUT2D eigenvalue weighted by molar-refractivity contribution is 0.0773. The molecular weight excluding hydrogens is 262 g/mol. The minimum Gasteiger partial charge on any atom is -0.339 e. The van der Waals surface area contributed by atoms with Gasteiger partial charge in [0, 0.05) is 18.7 Å². The number of nitrogens with zero attached hydrogens (tertiary/aromatic N) is 1. The van der Waals surface area contributed by atoms with E-state index in [2.05, 4.69) is 0 Å². The Hall–Kier alpha value is -1.07. The average molecular weight is 276 g/mol. The monoisotopic (exact) mass is 275 g/mol. The summed E-state index contributed by atoms with van der Waals surface area (Å²) in [6.45, 7) is 4.90. The van der Waals surface area contributed by atoms with Crippen LogP contribution in [0.5, 0.6) is 0 Å². The van der Waals surface area contributed by atoms with E-state index in [1.54, 1.807) is 4.90 Å². The molecule has 1 aromatic carbocycles. The molecule has 0 bridgehead atoms. The van der Waals surface area contributed by atoms with Gasteiger partial charge in [0.05, 0.1) is 9.92 Å². The fourth-order valence-corrected chi connectivity index (χ4v) is 2.30. The molecule has 0 atom stereocenters. The lowest BCUT2D eigenvalue weighted by atomic mass is 10.2. The topological polar surface area (TPSA) is 54.5 Å². The van der Waals surface area contributed by atoms with E-state index in [0.29, 0.717) is 18.7 Å². The molecule has 6 heteroatoms. The molecule has 0 N–H and O–H groups in total. The Morgan fingerprint density at radius 3 is 2.35 bits per heavy atom. The summed E-state index contributed by atoms with van der Waals surface area (Å²) in [4.78, 5) is 13.6. The third-order valence-electron chi connectivity index (χ3n) is 2.44. The smallest absolute Gasteiger partial charge is 0.253 e. The van der Waals surface area contributed by atoms with Crippen LogP contribution in [0.3, 0.4) is 0 Å². The molecule has 0 aliphatic rings. The minimum absolute atomic E-state index is 0.0142. The molecule has 94 valence electrons. The number of benzene rings is 1. The molecule has 1 rings (SSSR count). The zero-order chi connectivity index (χ0) is 13.0. The quantitative estimate of drug-likeness (QED) is 0.853. The summed E-state index contributed by atoms with van der Waals surface area (Å²) in [7, 11) is -2.79. The van der Waals surface area contributed by atoms with Gasteiger partial charge in [-0.3, -0.25) is 4.79 Å². The molecule has 0 aliphatic carbocycles. The maximum atomic E-state index is 12.0. The largest absolute Gasteiger partial charge is 0.339 e. The molecule has 0 spiro atoms. The SMILES string of the molecule is CCN(CC)C(=O)c1ccc(Cl)c([SH](=O)=O)c1. The number of carbonyl (C=O) groups excluding carboxylic acids is 1. The molecule has 0 saturated carbocycles. The number of thiol groups is 1. The Kier molecular flexibility index (Phi) is 4.96. The number of halogens is 1. The highest BCUT2D eigenvalue weighted by Gasteiger charge is 2.14. The van der Waals surface area contributed by atoms with Gasteiger partial charge in [0.25, 0.3) is 5.91 Å². The second-order valence-corrected chi connectivity index (χ2v) is 4.80. The third-order valence-corrected chi connectivity index (χ3v) is 3.67. The molecule has 1 aromatic rings. The van der Waals surface area contributed by atoms with Crippen molar-refractivity contribution in [3.05, 3.63) is 28.8 Å². The summed E-state index contributed by atoms with van der Waals surface area (Å²) in [6, 6.07) is 4.28. The van der Waals surface area contributed by atoms with Crippen LogP contribution in [0, 0.1) is 0 Å². The van der Waals surface area contributed by atoms with Gasteiger partial charge in [-0.2, -0.15) is 0 Å². The zero-order valence-corrected chi connectivity index (χ0v) is 11.3. The van der Waals surface area contributed by atoms with Crippen molar-refractivity contribution >= 4 is 28.2 Å². The molecule has 0 aliphatic heterocycles. The standard InChI is InChI=1S/C11H14ClNO3S/c1-3-13(4-2)11(14)8-5-6-9(12)10(7-8)17(15)16/h5-7,17H,3-4H2,1-2H3. The molecule has 1 amide bonds. The van der Waals surface area contributed by atoms with Crippen molar-refractivity contribution in [2.45, 2.75) is 18.7 Å². The molecule has 0 aromatic heterocycles. The number of rotatable bonds is 4. The lowest BCUT2D eigenvalue weighted by Crippen LogP contribution is -2.30. The highest BCUT2D eigenvalue weighted by atomic mass is 35.5. The van der Waals surface area contributed by atoms with E-state index < -0.39 is 10.7 Å². The van der Waals surface area contributed by atoms with Gasteiger partial charge in [0.1, 0.15) is 0 Å². The second kappa shape index (κ2) is 6.02. The van der Waals surface area contributed by atoms with E-state index in [9.17, 15) is 13.2 Å². The fraction of sp³-hybridized carbons (Fsp3) is 0.364. The summed E-state index contributed by atoms with van der Waals surface area (Å²) in [5.74, 6) is -0.190. The van der Waals surface area contributed by atoms with Crippen LogP contribution in [-0.2, 0) is 10.7 Å². The lowest BCUT2D eigenvalue weighted by Gasteiger charge is -2.18. The van der Waals surface area contributed by atoms with Crippen LogP contribution in [0.4, 0.5) is 0 Å². The first-order valence-corrected chi connectivity index (χ1v) is 6.80. The summed E-state index contributed by atoms with van der Waals surface area (Å²) in [6.07, 6.45) is 0. The van der Waals surface area contributed by atoms with Crippen LogP contribution in [0.25, 0.3) is 0 Å². The van der Waals surface area contributed by atoms with Crippen molar-refractivity contribution in [1.29, 1.82) is 0 Å². The van der Waals surface area contributed by atoms with Crippen LogP contribution >= 0.6 is 11.6 Å². The van der Waals surface area contributed by atoms with E-state index in [0.717, 1.165) is 0 Å². The predicted octanol–water partition coefficient (Wildman–Crippen LogP) is 1.79. The third kappa shape index (κ3) is 3.20. The van der Waals surface area contributed by atoms with Gasteiger partial charge in [0.15, 0.2) is 10.7 Å². The zero-order valence-electron chi connectivity index (χ0n) is 9.64. The first-order valence-electron chi connectivity index (χ1n) is 5.24. The van der Waals surface area contributed by atoms with Gasteiger partial charge in [-0.15, -0.1) is 0 Å². The Morgan fingerprint density at radius 2 is 1.88 bits per heavy atom. The van der Waals surface area contributed by atoms with E-state index >= 15 is 0 Å². The van der Waals surface area contributed by atoms with Crippen LogP contribution < -0.4 is 0 Å². The number of amides is 1. The molecule has 0 radical (unpaired) electrons. The first-order chi connectivity index (χ1) is 8.01. The van der Waals surface area contributed by atoms with Crippen molar-refractivity contribution in [2.24, 2.45) is 0 Å². The Balaban J connectivity index is 3.16. The highest BCUT2D eigenvalue weighted by Crippen LogP contribution is 2.19. The van der Waals surface area contributed by atoms with E-state index in [1.165, 1.54) is 18.2 Å². The normalized spacial score (nSPS) is 10.6. The molecule has 17 heavy (non-hydrogen) atoms. The number of hydrogen-bond donors (Lipinski definition) is 1. The molecule has 0 unspecified atom stereocenters. The first kappa shape index (κ1) is 14.0. The molecule has 0 fully saturated rings. The Labute approximate surface area is 107 Å². The van der Waals surface area contributed by atoms with Crippen LogP contribution in [0.15, 0.2) is 23.1 Å². The summed E-state index contributed by atoms with van der Waals surface area (Å²) in [5, 5.41) is 0.136. The number of carbonyl (C=O) groups is 1. The summed E-state index contributed by atoms with van der Waals surface area (Å²) in [5.41, 5.74) is 0.340. The van der Waals surface area contributed by atoms with Gasteiger partial charge in [0.2, 0.25) is 0 Å². The van der Waals surface area contributed by atoms with Crippen molar-refractivity contribution in [3.63, 3.8) is 0 Å². The van der Waals surface area contributed by atoms with Crippen LogP contribution in [-0.4, -0.2) is 32.3 Å². The van der Waals surface area contributed by atoms with Gasteiger partial charge >= 0.3 is 0 Å². The van der Waals surface area contributed by atoms with Crippen molar-refractivity contribution in [3.8, 4) is 0 Å². The van der Waals surface area contributed by atoms with Gasteiger partial charge in [-0.05, 0) is 32.0 Å². The van der Waals surface area contributed by atoms with E-state index in [1.807, 2.05) is 13.8 Å². The van der Waals surface area contributed by atoms with Crippen molar-refractivity contribution < 1.29 is 13.2 Å². The molecular formula is C11H14ClNO3S. The fourth-order valence-electron chi connectivity index (χ4n) is 1.48. The maximum Gasteiger partial charge on any atom is 0.253 e.